The number of benzene rings is 1. The molecule has 2 heterocycles. The van der Waals surface area contributed by atoms with Gasteiger partial charge >= 0.3 is 0 Å². The number of nitrogens with zero attached hydrogens (tertiary/aromatic N) is 2. The molecule has 7 nitrogen and oxygen atoms in total. The maximum absolute atomic E-state index is 12.1. The summed E-state index contributed by atoms with van der Waals surface area (Å²) in [5.74, 6) is 0.769. The van der Waals surface area contributed by atoms with E-state index >= 15 is 0 Å². The molecule has 1 aliphatic heterocycles. The lowest BCUT2D eigenvalue weighted by atomic mass is 10.0. The third kappa shape index (κ3) is 4.45. The Balaban J connectivity index is 1.55. The minimum Gasteiger partial charge on any atom is -0.350 e. The van der Waals surface area contributed by atoms with Crippen LogP contribution in [0.1, 0.15) is 31.2 Å². The number of carbonyl (C=O) groups is 1. The molecule has 1 amide bonds. The van der Waals surface area contributed by atoms with Gasteiger partial charge in [0.2, 0.25) is 17.6 Å². The first kappa shape index (κ1) is 17.6. The number of aryl methyl sites for hydroxylation is 2. The zero-order valence-electron chi connectivity index (χ0n) is 14.3. The summed E-state index contributed by atoms with van der Waals surface area (Å²) in [4.78, 5) is 16.4. The van der Waals surface area contributed by atoms with Crippen molar-refractivity contribution >= 4 is 15.7 Å². The van der Waals surface area contributed by atoms with Gasteiger partial charge in [0.25, 0.3) is 0 Å². The Labute approximate surface area is 146 Å². The summed E-state index contributed by atoms with van der Waals surface area (Å²) < 4.78 is 28.4. The van der Waals surface area contributed by atoms with Crippen LogP contribution in [0.3, 0.4) is 0 Å². The molecule has 1 aliphatic rings. The minimum absolute atomic E-state index is 0.0101. The Kier molecular flexibility index (Phi) is 4.64. The zero-order valence-corrected chi connectivity index (χ0v) is 15.1. The molecule has 134 valence electrons. The molecule has 25 heavy (non-hydrogen) atoms. The van der Waals surface area contributed by atoms with Crippen molar-refractivity contribution in [3.63, 3.8) is 0 Å². The maximum Gasteiger partial charge on any atom is 0.227 e. The van der Waals surface area contributed by atoms with Crippen LogP contribution >= 0.6 is 0 Å². The number of amides is 1. The summed E-state index contributed by atoms with van der Waals surface area (Å²) in [5.41, 5.74) is 1.32. The van der Waals surface area contributed by atoms with E-state index in [1.165, 1.54) is 0 Å². The lowest BCUT2D eigenvalue weighted by Gasteiger charge is -2.23. The normalized spacial score (nSPS) is 22.0. The fourth-order valence-corrected chi connectivity index (χ4v) is 5.00. The number of aromatic nitrogens is 2. The van der Waals surface area contributed by atoms with Crippen molar-refractivity contribution in [3.05, 3.63) is 35.7 Å². The van der Waals surface area contributed by atoms with Crippen molar-refractivity contribution in [1.29, 1.82) is 0 Å². The van der Waals surface area contributed by atoms with Crippen LogP contribution in [0.15, 0.2) is 28.8 Å². The summed E-state index contributed by atoms with van der Waals surface area (Å²) in [5, 5.41) is 6.75. The maximum atomic E-state index is 12.1. The third-order valence-corrected chi connectivity index (χ3v) is 6.19. The van der Waals surface area contributed by atoms with Gasteiger partial charge in [0, 0.05) is 18.4 Å². The molecule has 0 saturated carbocycles. The molecule has 8 heteroatoms. The topological polar surface area (TPSA) is 102 Å². The molecule has 1 atom stereocenters. The largest absolute Gasteiger partial charge is 0.350 e. The van der Waals surface area contributed by atoms with E-state index in [2.05, 4.69) is 15.5 Å². The van der Waals surface area contributed by atoms with Crippen LogP contribution in [0.5, 0.6) is 0 Å². The first-order valence-corrected chi connectivity index (χ1v) is 9.98. The molecule has 1 saturated heterocycles. The highest BCUT2D eigenvalue weighted by Gasteiger charge is 2.39. The second kappa shape index (κ2) is 6.59. The van der Waals surface area contributed by atoms with Crippen molar-refractivity contribution in [2.75, 3.05) is 11.5 Å². The van der Waals surface area contributed by atoms with Crippen LogP contribution in [0.2, 0.25) is 0 Å². The van der Waals surface area contributed by atoms with Crippen LogP contribution in [-0.2, 0) is 21.1 Å². The number of sulfone groups is 1. The fraction of sp³-hybridized carbons (Fsp3) is 0.471. The molecule has 3 rings (SSSR count). The molecule has 0 aliphatic carbocycles. The van der Waals surface area contributed by atoms with E-state index in [4.69, 9.17) is 4.52 Å². The zero-order chi connectivity index (χ0) is 18.1. The smallest absolute Gasteiger partial charge is 0.227 e. The van der Waals surface area contributed by atoms with Crippen LogP contribution < -0.4 is 5.32 Å². The highest BCUT2D eigenvalue weighted by molar-refractivity contribution is 7.91. The SMILES string of the molecule is Cc1ccc(-c2noc(CCC(=O)NC3(C)CCS(=O)(=O)C3)n2)cc1. The number of carbonyl (C=O) groups excluding carboxylic acids is 1. The first-order valence-electron chi connectivity index (χ1n) is 8.16. The van der Waals surface area contributed by atoms with Gasteiger partial charge in [-0.3, -0.25) is 4.79 Å². The quantitative estimate of drug-likeness (QED) is 0.867. The van der Waals surface area contributed by atoms with Gasteiger partial charge in [0.1, 0.15) is 0 Å². The summed E-state index contributed by atoms with van der Waals surface area (Å²) in [6, 6.07) is 7.76. The molecule has 2 aromatic rings. The predicted octanol–water partition coefficient (Wildman–Crippen LogP) is 1.67. The second-order valence-electron chi connectivity index (χ2n) is 6.83. The predicted molar refractivity (Wildman–Crippen MR) is 92.6 cm³/mol. The highest BCUT2D eigenvalue weighted by Crippen LogP contribution is 2.23. The monoisotopic (exact) mass is 363 g/mol. The van der Waals surface area contributed by atoms with Crippen LogP contribution in [0.25, 0.3) is 11.4 Å². The van der Waals surface area contributed by atoms with Crippen molar-refractivity contribution in [1.82, 2.24) is 15.5 Å². The molecule has 0 radical (unpaired) electrons. The van der Waals surface area contributed by atoms with Crippen molar-refractivity contribution in [2.45, 2.75) is 38.6 Å². The van der Waals surface area contributed by atoms with Gasteiger partial charge in [-0.25, -0.2) is 8.42 Å². The first-order chi connectivity index (χ1) is 11.7. The molecule has 1 N–H and O–H groups in total. The lowest BCUT2D eigenvalue weighted by molar-refractivity contribution is -0.122. The van der Waals surface area contributed by atoms with E-state index in [1.54, 1.807) is 6.92 Å². The lowest BCUT2D eigenvalue weighted by Crippen LogP contribution is -2.47. The fourth-order valence-electron chi connectivity index (χ4n) is 2.90. The summed E-state index contributed by atoms with van der Waals surface area (Å²) in [6.45, 7) is 3.76. The van der Waals surface area contributed by atoms with Gasteiger partial charge in [0.05, 0.1) is 17.0 Å². The van der Waals surface area contributed by atoms with E-state index in [1.807, 2.05) is 31.2 Å². The molecule has 1 aromatic heterocycles. The number of rotatable bonds is 5. The molecular formula is C17H21N3O4S. The van der Waals surface area contributed by atoms with E-state index in [-0.39, 0.29) is 23.8 Å². The van der Waals surface area contributed by atoms with Crippen molar-refractivity contribution < 1.29 is 17.7 Å². The van der Waals surface area contributed by atoms with Crippen molar-refractivity contribution in [3.8, 4) is 11.4 Å². The molecule has 1 unspecified atom stereocenters. The molecular weight excluding hydrogens is 342 g/mol. The standard InChI is InChI=1S/C17H21N3O4S/c1-12-3-5-13(6-4-12)16-18-15(24-20-16)8-7-14(21)19-17(2)9-10-25(22,23)11-17/h3-6H,7-11H2,1-2H3,(H,19,21). The summed E-state index contributed by atoms with van der Waals surface area (Å²) >= 11 is 0. The number of hydrogen-bond acceptors (Lipinski definition) is 6. The van der Waals surface area contributed by atoms with Gasteiger partial charge in [-0.1, -0.05) is 35.0 Å². The van der Waals surface area contributed by atoms with Gasteiger partial charge < -0.3 is 9.84 Å². The van der Waals surface area contributed by atoms with Crippen LogP contribution in [-0.4, -0.2) is 41.5 Å². The average Bonchev–Trinajstić information content (AvgIpc) is 3.10. The van der Waals surface area contributed by atoms with Gasteiger partial charge in [-0.2, -0.15) is 4.98 Å². The van der Waals surface area contributed by atoms with E-state index in [9.17, 15) is 13.2 Å². The van der Waals surface area contributed by atoms with Crippen LogP contribution in [0.4, 0.5) is 0 Å². The van der Waals surface area contributed by atoms with E-state index in [0.29, 0.717) is 24.6 Å². The molecule has 0 spiro atoms. The van der Waals surface area contributed by atoms with Crippen molar-refractivity contribution in [2.24, 2.45) is 0 Å². The van der Waals surface area contributed by atoms with Gasteiger partial charge in [-0.15, -0.1) is 0 Å². The third-order valence-electron chi connectivity index (χ3n) is 4.29. The molecule has 1 aromatic carbocycles. The molecule has 0 bridgehead atoms. The second-order valence-corrected chi connectivity index (χ2v) is 9.01. The van der Waals surface area contributed by atoms with E-state index in [0.717, 1.165) is 11.1 Å². The minimum atomic E-state index is -3.05. The van der Waals surface area contributed by atoms with E-state index < -0.39 is 15.4 Å². The number of nitrogens with one attached hydrogen (secondary N) is 1. The Bertz CT molecular complexity index is 874. The average molecular weight is 363 g/mol. The molecule has 1 fully saturated rings. The van der Waals surface area contributed by atoms with Gasteiger partial charge in [-0.05, 0) is 20.3 Å². The Morgan fingerprint density at radius 3 is 2.68 bits per heavy atom. The van der Waals surface area contributed by atoms with Gasteiger partial charge in [0.15, 0.2) is 9.84 Å². The summed E-state index contributed by atoms with van der Waals surface area (Å²) in [6.07, 6.45) is 0.928. The highest BCUT2D eigenvalue weighted by atomic mass is 32.2. The Hall–Kier alpha value is -2.22. The summed E-state index contributed by atoms with van der Waals surface area (Å²) in [7, 11) is -3.05. The van der Waals surface area contributed by atoms with Crippen LogP contribution in [0, 0.1) is 6.92 Å². The Morgan fingerprint density at radius 2 is 2.04 bits per heavy atom. The Morgan fingerprint density at radius 1 is 1.32 bits per heavy atom. The number of hydrogen-bond donors (Lipinski definition) is 1.